The van der Waals surface area contributed by atoms with Gasteiger partial charge in [-0.3, -0.25) is 0 Å². The Morgan fingerprint density at radius 1 is 1.44 bits per heavy atom. The molecule has 0 aromatic carbocycles. The summed E-state index contributed by atoms with van der Waals surface area (Å²) in [5.74, 6) is 0.780. The zero-order valence-corrected chi connectivity index (χ0v) is 11.6. The van der Waals surface area contributed by atoms with E-state index in [4.69, 9.17) is 0 Å². The molecule has 1 aromatic rings. The van der Waals surface area contributed by atoms with Gasteiger partial charge in [-0.1, -0.05) is 26.8 Å². The maximum Gasteiger partial charge on any atom is 0.127 e. The van der Waals surface area contributed by atoms with Gasteiger partial charge in [0.15, 0.2) is 0 Å². The molecule has 0 saturated heterocycles. The van der Waals surface area contributed by atoms with Gasteiger partial charge in [0, 0.05) is 6.54 Å². The van der Waals surface area contributed by atoms with Gasteiger partial charge >= 0.3 is 0 Å². The van der Waals surface area contributed by atoms with Crippen molar-refractivity contribution in [3.8, 4) is 0 Å². The van der Waals surface area contributed by atoms with E-state index in [-0.39, 0.29) is 11.5 Å². The van der Waals surface area contributed by atoms with Gasteiger partial charge in [-0.25, -0.2) is 4.98 Å². The number of aliphatic hydroxyl groups is 1. The number of nitrogens with one attached hydrogen (secondary N) is 1. The lowest BCUT2D eigenvalue weighted by atomic mass is 9.89. The van der Waals surface area contributed by atoms with E-state index in [2.05, 4.69) is 47.0 Å². The lowest BCUT2D eigenvalue weighted by Gasteiger charge is -2.22. The first-order chi connectivity index (χ1) is 7.37. The van der Waals surface area contributed by atoms with Crippen LogP contribution in [-0.2, 0) is 0 Å². The van der Waals surface area contributed by atoms with Crippen molar-refractivity contribution in [3.63, 3.8) is 0 Å². The highest BCUT2D eigenvalue weighted by Gasteiger charge is 2.16. The third-order valence-corrected chi connectivity index (χ3v) is 2.52. The van der Waals surface area contributed by atoms with Crippen LogP contribution in [0.3, 0.4) is 0 Å². The predicted molar refractivity (Wildman–Crippen MR) is 70.5 cm³/mol. The fourth-order valence-electron chi connectivity index (χ4n) is 1.51. The Morgan fingerprint density at radius 2 is 2.12 bits per heavy atom. The average molecular weight is 287 g/mol. The Balaban J connectivity index is 2.40. The lowest BCUT2D eigenvalue weighted by Crippen LogP contribution is -2.25. The Labute approximate surface area is 105 Å². The number of nitrogens with zero attached hydrogens (tertiary/aromatic N) is 1. The SMILES string of the molecule is CC(C)(C)CC(O)CNc1cccc(Br)n1. The molecule has 0 aliphatic rings. The molecule has 0 amide bonds. The van der Waals surface area contributed by atoms with Crippen LogP contribution in [0.1, 0.15) is 27.2 Å². The molecule has 0 bridgehead atoms. The Kier molecular flexibility index (Phi) is 4.74. The molecular formula is C12H19BrN2O. The molecule has 1 rings (SSSR count). The van der Waals surface area contributed by atoms with Crippen molar-refractivity contribution in [2.24, 2.45) is 5.41 Å². The van der Waals surface area contributed by atoms with Crippen molar-refractivity contribution in [2.75, 3.05) is 11.9 Å². The van der Waals surface area contributed by atoms with Crippen molar-refractivity contribution < 1.29 is 5.11 Å². The van der Waals surface area contributed by atoms with Gasteiger partial charge in [0.1, 0.15) is 10.4 Å². The largest absolute Gasteiger partial charge is 0.391 e. The molecule has 1 atom stereocenters. The third-order valence-electron chi connectivity index (χ3n) is 2.08. The molecule has 90 valence electrons. The molecule has 0 aliphatic carbocycles. The minimum Gasteiger partial charge on any atom is -0.391 e. The van der Waals surface area contributed by atoms with E-state index in [0.717, 1.165) is 16.8 Å². The van der Waals surface area contributed by atoms with E-state index in [0.29, 0.717) is 6.54 Å². The maximum atomic E-state index is 9.81. The lowest BCUT2D eigenvalue weighted by molar-refractivity contribution is 0.132. The molecule has 4 heteroatoms. The number of aliphatic hydroxyl groups excluding tert-OH is 1. The highest BCUT2D eigenvalue weighted by Crippen LogP contribution is 2.20. The summed E-state index contributed by atoms with van der Waals surface area (Å²) in [7, 11) is 0. The van der Waals surface area contributed by atoms with Crippen LogP contribution in [0, 0.1) is 5.41 Å². The summed E-state index contributed by atoms with van der Waals surface area (Å²) in [5, 5.41) is 12.9. The van der Waals surface area contributed by atoms with Crippen molar-refractivity contribution >= 4 is 21.7 Å². The number of hydrogen-bond donors (Lipinski definition) is 2. The van der Waals surface area contributed by atoms with Crippen molar-refractivity contribution in [3.05, 3.63) is 22.8 Å². The highest BCUT2D eigenvalue weighted by atomic mass is 79.9. The second kappa shape index (κ2) is 5.64. The van der Waals surface area contributed by atoms with Crippen LogP contribution < -0.4 is 5.32 Å². The van der Waals surface area contributed by atoms with Crippen LogP contribution in [0.25, 0.3) is 0 Å². The summed E-state index contributed by atoms with van der Waals surface area (Å²) >= 11 is 3.30. The maximum absolute atomic E-state index is 9.81. The van der Waals surface area contributed by atoms with Gasteiger partial charge in [-0.15, -0.1) is 0 Å². The van der Waals surface area contributed by atoms with E-state index in [1.807, 2.05) is 18.2 Å². The molecule has 0 radical (unpaired) electrons. The highest BCUT2D eigenvalue weighted by molar-refractivity contribution is 9.10. The molecule has 0 fully saturated rings. The summed E-state index contributed by atoms with van der Waals surface area (Å²) in [6, 6.07) is 5.67. The first kappa shape index (κ1) is 13.5. The monoisotopic (exact) mass is 286 g/mol. The second-order valence-corrected chi connectivity index (χ2v) is 5.96. The van der Waals surface area contributed by atoms with Crippen LogP contribution in [0.5, 0.6) is 0 Å². The van der Waals surface area contributed by atoms with Gasteiger partial charge in [0.05, 0.1) is 6.10 Å². The second-order valence-electron chi connectivity index (χ2n) is 5.15. The summed E-state index contributed by atoms with van der Waals surface area (Å²) in [6.45, 7) is 6.88. The Morgan fingerprint density at radius 3 is 2.69 bits per heavy atom. The van der Waals surface area contributed by atoms with E-state index in [1.165, 1.54) is 0 Å². The topological polar surface area (TPSA) is 45.1 Å². The quantitative estimate of drug-likeness (QED) is 0.837. The summed E-state index contributed by atoms with van der Waals surface area (Å²) in [5.41, 5.74) is 0.145. The third kappa shape index (κ3) is 5.47. The molecule has 0 saturated carbocycles. The zero-order chi connectivity index (χ0) is 12.2. The normalized spacial score (nSPS) is 13.6. The molecule has 16 heavy (non-hydrogen) atoms. The minimum absolute atomic E-state index is 0.145. The molecule has 2 N–H and O–H groups in total. The van der Waals surface area contributed by atoms with Gasteiger partial charge in [-0.2, -0.15) is 0 Å². The van der Waals surface area contributed by atoms with Gasteiger partial charge < -0.3 is 10.4 Å². The van der Waals surface area contributed by atoms with E-state index in [1.54, 1.807) is 0 Å². The average Bonchev–Trinajstić information content (AvgIpc) is 2.12. The number of halogens is 1. The van der Waals surface area contributed by atoms with Crippen LogP contribution in [0.15, 0.2) is 22.8 Å². The summed E-state index contributed by atoms with van der Waals surface area (Å²) in [4.78, 5) is 4.24. The van der Waals surface area contributed by atoms with E-state index in [9.17, 15) is 5.11 Å². The first-order valence-electron chi connectivity index (χ1n) is 5.41. The fourth-order valence-corrected chi connectivity index (χ4v) is 1.85. The van der Waals surface area contributed by atoms with Crippen molar-refractivity contribution in [1.29, 1.82) is 0 Å². The molecule has 3 nitrogen and oxygen atoms in total. The van der Waals surface area contributed by atoms with Gasteiger partial charge in [0.25, 0.3) is 0 Å². The first-order valence-corrected chi connectivity index (χ1v) is 6.21. The number of pyridine rings is 1. The molecule has 0 aliphatic heterocycles. The number of anilines is 1. The van der Waals surface area contributed by atoms with Gasteiger partial charge in [-0.05, 0) is 39.9 Å². The minimum atomic E-state index is -0.346. The molecule has 1 heterocycles. The number of aromatic nitrogens is 1. The van der Waals surface area contributed by atoms with Crippen LogP contribution >= 0.6 is 15.9 Å². The molecule has 1 aromatic heterocycles. The standard InChI is InChI=1S/C12H19BrN2O/c1-12(2,3)7-9(16)8-14-11-6-4-5-10(13)15-11/h4-6,9,16H,7-8H2,1-3H3,(H,14,15). The van der Waals surface area contributed by atoms with Crippen LogP contribution in [-0.4, -0.2) is 22.7 Å². The van der Waals surface area contributed by atoms with Gasteiger partial charge in [0.2, 0.25) is 0 Å². The van der Waals surface area contributed by atoms with Crippen LogP contribution in [0.2, 0.25) is 0 Å². The van der Waals surface area contributed by atoms with E-state index < -0.39 is 0 Å². The van der Waals surface area contributed by atoms with Crippen molar-refractivity contribution in [1.82, 2.24) is 4.98 Å². The Hall–Kier alpha value is -0.610. The zero-order valence-electron chi connectivity index (χ0n) is 10.00. The Bertz CT molecular complexity index is 336. The molecule has 0 spiro atoms. The number of hydrogen-bond acceptors (Lipinski definition) is 3. The van der Waals surface area contributed by atoms with Crippen molar-refractivity contribution in [2.45, 2.75) is 33.3 Å². The van der Waals surface area contributed by atoms with E-state index >= 15 is 0 Å². The molecule has 1 unspecified atom stereocenters. The smallest absolute Gasteiger partial charge is 0.127 e. The number of rotatable bonds is 4. The summed E-state index contributed by atoms with van der Waals surface area (Å²) < 4.78 is 0.794. The van der Waals surface area contributed by atoms with Crippen LogP contribution in [0.4, 0.5) is 5.82 Å². The molecular weight excluding hydrogens is 268 g/mol. The summed E-state index contributed by atoms with van der Waals surface area (Å²) in [6.07, 6.45) is 0.425. The predicted octanol–water partition coefficient (Wildman–Crippen LogP) is 3.05. The fraction of sp³-hybridized carbons (Fsp3) is 0.583.